The van der Waals surface area contributed by atoms with Crippen LogP contribution in [0, 0.1) is 0 Å². The number of hydrogen-bond donors (Lipinski definition) is 2. The van der Waals surface area contributed by atoms with E-state index in [-0.39, 0.29) is 11.7 Å². The second kappa shape index (κ2) is 18.2. The monoisotopic (exact) mass is 922 g/mol. The quantitative estimate of drug-likeness (QED) is 0.158. The summed E-state index contributed by atoms with van der Waals surface area (Å²) in [6, 6.07) is 84.1. The van der Waals surface area contributed by atoms with Crippen molar-refractivity contribution in [3.8, 4) is 55.6 Å². The molecule has 2 aliphatic heterocycles. The predicted molar refractivity (Wildman–Crippen MR) is 291 cm³/mol. The maximum Gasteiger partial charge on any atom is 0.254 e. The van der Waals surface area contributed by atoms with Gasteiger partial charge < -0.3 is 9.97 Å². The van der Waals surface area contributed by atoms with Crippen LogP contribution < -0.4 is 0 Å². The summed E-state index contributed by atoms with van der Waals surface area (Å²) >= 11 is 0. The molecule has 8 bridgehead atoms. The highest BCUT2D eigenvalue weighted by molar-refractivity contribution is 6.22. The highest BCUT2D eigenvalue weighted by Crippen LogP contribution is 2.51. The van der Waals surface area contributed by atoms with Gasteiger partial charge in [0.25, 0.3) is 11.7 Å². The van der Waals surface area contributed by atoms with E-state index >= 15 is 0 Å². The van der Waals surface area contributed by atoms with Crippen molar-refractivity contribution in [3.05, 3.63) is 276 Å². The SMILES string of the molecule is c1ccc(C2=Nc3nc2c(-c2ccccc2)c2[nH]c(c(-c4ccccc4)c4nc(c(-c5ccccc5)c5nnc(n3)[nH]5)C(c3ccccc3)=C4c3ccccc3)c(-c3ccccc3)c2-c2ccccc2)cc1. The van der Waals surface area contributed by atoms with Crippen LogP contribution in [0.3, 0.4) is 0 Å². The van der Waals surface area contributed by atoms with E-state index in [1.807, 2.05) is 42.5 Å². The molecule has 8 nitrogen and oxygen atoms in total. The van der Waals surface area contributed by atoms with Crippen LogP contribution in [-0.2, 0) is 0 Å². The topological polar surface area (TPSA) is 108 Å². The first kappa shape index (κ1) is 42.2. The summed E-state index contributed by atoms with van der Waals surface area (Å²) in [5.41, 5.74) is 19.4. The van der Waals surface area contributed by atoms with Crippen LogP contribution in [0.2, 0.25) is 0 Å². The molecule has 0 saturated heterocycles. The van der Waals surface area contributed by atoms with Crippen LogP contribution >= 0.6 is 0 Å². The van der Waals surface area contributed by atoms with Gasteiger partial charge in [-0.05, 0) is 38.9 Å². The van der Waals surface area contributed by atoms with E-state index in [9.17, 15) is 0 Å². The van der Waals surface area contributed by atoms with Gasteiger partial charge in [0.2, 0.25) is 0 Å². The Morgan fingerprint density at radius 3 is 1.04 bits per heavy atom. The zero-order chi connectivity index (χ0) is 47.8. The summed E-state index contributed by atoms with van der Waals surface area (Å²) in [7, 11) is 0. The second-order valence-corrected chi connectivity index (χ2v) is 17.6. The Balaban J connectivity index is 1.37. The largest absolute Gasteiger partial charge is 0.353 e. The lowest BCUT2D eigenvalue weighted by molar-refractivity contribution is 1.10. The molecule has 338 valence electrons. The third-order valence-corrected chi connectivity index (χ3v) is 13.2. The van der Waals surface area contributed by atoms with Gasteiger partial charge in [-0.1, -0.05) is 243 Å². The number of rotatable bonds is 8. The Morgan fingerprint density at radius 1 is 0.264 bits per heavy atom. The minimum atomic E-state index is 0.242. The first-order valence-corrected chi connectivity index (χ1v) is 24.0. The zero-order valence-corrected chi connectivity index (χ0v) is 38.8. The molecule has 0 atom stereocenters. The normalized spacial score (nSPS) is 12.2. The van der Waals surface area contributed by atoms with E-state index in [1.54, 1.807) is 0 Å². The minimum absolute atomic E-state index is 0.242. The summed E-state index contributed by atoms with van der Waals surface area (Å²) in [5, 5.41) is 9.57. The van der Waals surface area contributed by atoms with Crippen molar-refractivity contribution in [2.75, 3.05) is 0 Å². The number of hydrogen-bond acceptors (Lipinski definition) is 6. The highest BCUT2D eigenvalue weighted by atomic mass is 15.3. The van der Waals surface area contributed by atoms with E-state index in [0.717, 1.165) is 106 Å². The number of benzene rings is 8. The average Bonchev–Trinajstić information content (AvgIpc) is 4.27. The molecular formula is C64H42N8. The molecule has 11 aromatic rings. The van der Waals surface area contributed by atoms with Gasteiger partial charge in [-0.25, -0.2) is 15.0 Å². The van der Waals surface area contributed by atoms with Gasteiger partial charge in [-0.2, -0.15) is 4.98 Å². The van der Waals surface area contributed by atoms with Gasteiger partial charge in [0.05, 0.1) is 28.0 Å². The van der Waals surface area contributed by atoms with E-state index in [2.05, 4.69) is 210 Å². The number of aromatic nitrogens is 7. The van der Waals surface area contributed by atoms with Crippen molar-refractivity contribution in [1.82, 2.24) is 35.1 Å². The Bertz CT molecular complexity index is 4020. The summed E-state index contributed by atoms with van der Waals surface area (Å²) in [4.78, 5) is 29.5. The van der Waals surface area contributed by atoms with Crippen LogP contribution in [0.1, 0.15) is 33.8 Å². The maximum atomic E-state index is 6.01. The van der Waals surface area contributed by atoms with Crippen molar-refractivity contribution >= 4 is 45.3 Å². The highest BCUT2D eigenvalue weighted by Gasteiger charge is 2.32. The molecule has 0 amide bonds. The summed E-state index contributed by atoms with van der Waals surface area (Å²) in [5.74, 6) is 0.501. The number of H-pyrrole nitrogens is 2. The lowest BCUT2D eigenvalue weighted by Gasteiger charge is -2.14. The van der Waals surface area contributed by atoms with E-state index < -0.39 is 0 Å². The zero-order valence-electron chi connectivity index (χ0n) is 38.8. The van der Waals surface area contributed by atoms with Crippen molar-refractivity contribution in [2.45, 2.75) is 0 Å². The Hall–Kier alpha value is -9.92. The molecule has 0 spiro atoms. The van der Waals surface area contributed by atoms with Crippen LogP contribution in [0.25, 0.3) is 89.2 Å². The molecular weight excluding hydrogens is 881 g/mol. The first-order chi connectivity index (χ1) is 35.7. The first-order valence-electron chi connectivity index (χ1n) is 24.0. The number of aromatic amines is 2. The van der Waals surface area contributed by atoms with E-state index in [1.165, 1.54) is 0 Å². The van der Waals surface area contributed by atoms with Crippen molar-refractivity contribution in [2.24, 2.45) is 4.99 Å². The molecule has 3 aromatic heterocycles. The fourth-order valence-corrected chi connectivity index (χ4v) is 10.1. The molecule has 0 radical (unpaired) electrons. The summed E-state index contributed by atoms with van der Waals surface area (Å²) in [6.45, 7) is 0. The molecule has 8 aromatic carbocycles. The fourth-order valence-electron chi connectivity index (χ4n) is 10.1. The third kappa shape index (κ3) is 7.51. The molecule has 0 aliphatic carbocycles. The molecule has 5 heterocycles. The van der Waals surface area contributed by atoms with Crippen LogP contribution in [0.15, 0.2) is 248 Å². The smallest absolute Gasteiger partial charge is 0.254 e. The van der Waals surface area contributed by atoms with Crippen LogP contribution in [0.5, 0.6) is 0 Å². The van der Waals surface area contributed by atoms with Gasteiger partial charge in [-0.3, -0.25) is 0 Å². The van der Waals surface area contributed by atoms with Gasteiger partial charge >= 0.3 is 0 Å². The molecule has 8 heteroatoms. The van der Waals surface area contributed by atoms with Crippen LogP contribution in [0.4, 0.5) is 5.95 Å². The average molecular weight is 923 g/mol. The van der Waals surface area contributed by atoms with Crippen LogP contribution in [-0.4, -0.2) is 40.8 Å². The summed E-state index contributed by atoms with van der Waals surface area (Å²) < 4.78 is 0. The standard InChI is InChI=1S/C64H42N8/c1-9-25-41(26-10-1)49-50(42-27-11-2-12-28-42)59-54(46-35-19-6-20-36-46)61-56(48-39-23-8-24-40-48)67-63(68-61)70-64-69-62(71-72-64)55(47-37-21-7-22-38-47)60-52(44-31-15-4-16-32-44)51(43-29-13-3-14-30-43)58(66-60)53(57(49)65-59)45-33-17-5-18-34-45/h1-40,65H,(H,67,68,69,70,71,72). The number of fused-ring (bicyclic) bond motifs is 8. The lowest BCUT2D eigenvalue weighted by Crippen LogP contribution is -2.03. The Kier molecular flexibility index (Phi) is 10.7. The number of nitrogens with one attached hydrogen (secondary N) is 2. The van der Waals surface area contributed by atoms with E-state index in [0.29, 0.717) is 17.1 Å². The second-order valence-electron chi connectivity index (χ2n) is 17.6. The van der Waals surface area contributed by atoms with Crippen molar-refractivity contribution in [1.29, 1.82) is 0 Å². The van der Waals surface area contributed by atoms with Crippen molar-refractivity contribution < 1.29 is 0 Å². The molecule has 0 saturated carbocycles. The van der Waals surface area contributed by atoms with Gasteiger partial charge in [0.1, 0.15) is 11.4 Å². The molecule has 0 unspecified atom stereocenters. The summed E-state index contributed by atoms with van der Waals surface area (Å²) in [6.07, 6.45) is 0. The minimum Gasteiger partial charge on any atom is -0.353 e. The molecule has 0 fully saturated rings. The van der Waals surface area contributed by atoms with Gasteiger partial charge in [0.15, 0.2) is 5.65 Å². The Labute approximate surface area is 415 Å². The van der Waals surface area contributed by atoms with Gasteiger partial charge in [-0.15, -0.1) is 10.2 Å². The number of aliphatic imine (C=N–C) groups is 1. The molecule has 72 heavy (non-hydrogen) atoms. The van der Waals surface area contributed by atoms with Crippen molar-refractivity contribution in [3.63, 3.8) is 0 Å². The molecule has 13 rings (SSSR count). The molecule has 2 N–H and O–H groups in total. The third-order valence-electron chi connectivity index (χ3n) is 13.2. The van der Waals surface area contributed by atoms with E-state index in [4.69, 9.17) is 30.1 Å². The van der Waals surface area contributed by atoms with Gasteiger partial charge in [0, 0.05) is 39.0 Å². The molecule has 2 aliphatic rings. The fraction of sp³-hybridized carbons (Fsp3) is 0. The lowest BCUT2D eigenvalue weighted by atomic mass is 9.87. The maximum absolute atomic E-state index is 6.01. The Morgan fingerprint density at radius 2 is 0.611 bits per heavy atom. The number of nitrogens with zero attached hydrogens (tertiary/aromatic N) is 6. The predicted octanol–water partition coefficient (Wildman–Crippen LogP) is 15.0.